The summed E-state index contributed by atoms with van der Waals surface area (Å²) >= 11 is 0. The van der Waals surface area contributed by atoms with E-state index in [0.29, 0.717) is 11.9 Å². The Bertz CT molecular complexity index is 724. The highest BCUT2D eigenvalue weighted by Crippen LogP contribution is 2.59. The van der Waals surface area contributed by atoms with Gasteiger partial charge in [-0.2, -0.15) is 0 Å². The Morgan fingerprint density at radius 3 is 2.23 bits per heavy atom. The molecule has 1 aromatic carbocycles. The van der Waals surface area contributed by atoms with Crippen molar-refractivity contribution in [3.05, 3.63) is 30.3 Å². The van der Waals surface area contributed by atoms with Crippen molar-refractivity contribution in [3.63, 3.8) is 0 Å². The van der Waals surface area contributed by atoms with Crippen molar-refractivity contribution in [1.82, 2.24) is 0 Å². The van der Waals surface area contributed by atoms with E-state index in [1.165, 1.54) is 0 Å². The quantitative estimate of drug-likeness (QED) is 0.781. The second kappa shape index (κ2) is 6.11. The minimum atomic E-state index is -3.40. The van der Waals surface area contributed by atoms with Gasteiger partial charge in [0.1, 0.15) is 30.2 Å². The topological polar surface area (TPSA) is 89.2 Å². The van der Waals surface area contributed by atoms with Crippen LogP contribution in [0, 0.1) is 0 Å². The van der Waals surface area contributed by atoms with Crippen molar-refractivity contribution in [2.45, 2.75) is 69.5 Å². The molecule has 3 saturated heterocycles. The molecule has 8 heteroatoms. The smallest absolute Gasteiger partial charge is 0.251 e. The molecule has 1 unspecified atom stereocenters. The monoisotopic (exact) mass is 383 g/mol. The van der Waals surface area contributed by atoms with E-state index in [2.05, 4.69) is 0 Å². The minimum absolute atomic E-state index is 0.328. The Hall–Kier alpha value is -0.790. The summed E-state index contributed by atoms with van der Waals surface area (Å²) in [6.07, 6.45) is -2.05. The first-order valence-electron chi connectivity index (χ1n) is 8.88. The Morgan fingerprint density at radius 2 is 1.62 bits per heavy atom. The van der Waals surface area contributed by atoms with E-state index in [4.69, 9.17) is 29.2 Å². The Morgan fingerprint density at radius 1 is 0.962 bits per heavy atom. The summed E-state index contributed by atoms with van der Waals surface area (Å²) in [5, 5.41) is 0.572. The van der Waals surface area contributed by atoms with Crippen LogP contribution in [0.1, 0.15) is 27.7 Å². The van der Waals surface area contributed by atoms with Gasteiger partial charge in [0, 0.05) is 5.30 Å². The van der Waals surface area contributed by atoms with Crippen LogP contribution >= 0.6 is 7.37 Å². The zero-order chi connectivity index (χ0) is 18.7. The minimum Gasteiger partial charge on any atom is -0.348 e. The third-order valence-electron chi connectivity index (χ3n) is 5.01. The molecule has 144 valence electrons. The lowest BCUT2D eigenvalue weighted by Gasteiger charge is -2.42. The molecule has 2 N–H and O–H groups in total. The average Bonchev–Trinajstić information content (AvgIpc) is 3.10. The lowest BCUT2D eigenvalue weighted by atomic mass is 10.0. The van der Waals surface area contributed by atoms with E-state index >= 15 is 0 Å². The molecular formula is C18H26NO6P. The molecule has 3 aliphatic rings. The van der Waals surface area contributed by atoms with Gasteiger partial charge in [0.05, 0.1) is 6.61 Å². The molecular weight excluding hydrogens is 357 g/mol. The van der Waals surface area contributed by atoms with E-state index in [0.717, 1.165) is 0 Å². The van der Waals surface area contributed by atoms with Gasteiger partial charge in [-0.25, -0.2) is 0 Å². The molecule has 3 aliphatic heterocycles. The third kappa shape index (κ3) is 3.06. The lowest BCUT2D eigenvalue weighted by Crippen LogP contribution is -2.57. The highest BCUT2D eigenvalue weighted by atomic mass is 31.2. The molecule has 7 nitrogen and oxygen atoms in total. The summed E-state index contributed by atoms with van der Waals surface area (Å²) < 4.78 is 43.8. The lowest BCUT2D eigenvalue weighted by molar-refractivity contribution is -0.174. The molecule has 26 heavy (non-hydrogen) atoms. The fourth-order valence-corrected chi connectivity index (χ4v) is 6.29. The highest BCUT2D eigenvalue weighted by Gasteiger charge is 2.61. The van der Waals surface area contributed by atoms with Crippen LogP contribution in [0.3, 0.4) is 0 Å². The number of nitrogens with two attached hydrogens (primary N) is 1. The van der Waals surface area contributed by atoms with Gasteiger partial charge in [-0.3, -0.25) is 4.57 Å². The number of hydrogen-bond acceptors (Lipinski definition) is 7. The molecule has 3 fully saturated rings. The molecule has 0 saturated carbocycles. The second-order valence-electron chi connectivity index (χ2n) is 7.93. The number of ether oxygens (including phenoxy) is 4. The predicted molar refractivity (Wildman–Crippen MR) is 95.3 cm³/mol. The molecule has 3 heterocycles. The molecule has 0 bridgehead atoms. The first kappa shape index (κ1) is 18.6. The van der Waals surface area contributed by atoms with Gasteiger partial charge in [0.15, 0.2) is 11.6 Å². The van der Waals surface area contributed by atoms with Crippen LogP contribution in [-0.4, -0.2) is 48.4 Å². The third-order valence-corrected chi connectivity index (χ3v) is 7.66. The zero-order valence-electron chi connectivity index (χ0n) is 15.5. The first-order chi connectivity index (χ1) is 12.1. The normalized spacial score (nSPS) is 44.0. The SMILES string of the molecule is CC1(C)O[C@H]2[C@@H]([C@H]3COC(C)(C)O3)OP(=O)(c3ccccc3)[C@@H](N)[C@H]2O1. The fourth-order valence-electron chi connectivity index (χ4n) is 3.87. The van der Waals surface area contributed by atoms with E-state index in [1.54, 1.807) is 12.1 Å². The van der Waals surface area contributed by atoms with E-state index in [1.807, 2.05) is 45.9 Å². The largest absolute Gasteiger partial charge is 0.348 e. The van der Waals surface area contributed by atoms with Gasteiger partial charge < -0.3 is 29.2 Å². The van der Waals surface area contributed by atoms with Gasteiger partial charge in [-0.1, -0.05) is 18.2 Å². The Kier molecular flexibility index (Phi) is 4.36. The Labute approximate surface area is 153 Å². The summed E-state index contributed by atoms with van der Waals surface area (Å²) in [6.45, 7) is 7.64. The van der Waals surface area contributed by atoms with Crippen LogP contribution in [0.15, 0.2) is 30.3 Å². The van der Waals surface area contributed by atoms with Crippen molar-refractivity contribution >= 4 is 12.7 Å². The number of fused-ring (bicyclic) bond motifs is 1. The molecule has 0 aromatic heterocycles. The standard InChI is InChI=1S/C18H26NO6P/c1-17(2)21-10-12(22-17)13-14-15(24-18(3,4)23-14)16(19)26(20,25-13)11-8-6-5-7-9-11/h5-9,12-16H,10,19H2,1-4H3/t12-,13-,14+,15+,16-,26?/m1/s1. The highest BCUT2D eigenvalue weighted by molar-refractivity contribution is 7.67. The molecule has 1 aromatic rings. The maximum atomic E-state index is 13.9. The molecule has 0 amide bonds. The Balaban J connectivity index is 1.72. The van der Waals surface area contributed by atoms with Crippen molar-refractivity contribution < 1.29 is 28.0 Å². The van der Waals surface area contributed by atoms with Crippen molar-refractivity contribution in [1.29, 1.82) is 0 Å². The van der Waals surface area contributed by atoms with Crippen molar-refractivity contribution in [3.8, 4) is 0 Å². The van der Waals surface area contributed by atoms with Crippen LogP contribution in [0.25, 0.3) is 0 Å². The first-order valence-corrected chi connectivity index (χ1v) is 10.6. The van der Waals surface area contributed by atoms with Gasteiger partial charge in [0.2, 0.25) is 0 Å². The summed E-state index contributed by atoms with van der Waals surface area (Å²) in [5.74, 6) is -2.38. The molecule has 0 radical (unpaired) electrons. The average molecular weight is 383 g/mol. The molecule has 0 spiro atoms. The molecule has 6 atom stereocenters. The van der Waals surface area contributed by atoms with Gasteiger partial charge >= 0.3 is 0 Å². The number of rotatable bonds is 2. The summed E-state index contributed by atoms with van der Waals surface area (Å²) in [6, 6.07) is 9.05. The van der Waals surface area contributed by atoms with Gasteiger partial charge in [0.25, 0.3) is 7.37 Å². The van der Waals surface area contributed by atoms with Gasteiger partial charge in [-0.15, -0.1) is 0 Å². The van der Waals surface area contributed by atoms with Crippen LogP contribution in [-0.2, 0) is 28.0 Å². The van der Waals surface area contributed by atoms with Gasteiger partial charge in [-0.05, 0) is 39.8 Å². The number of benzene rings is 1. The van der Waals surface area contributed by atoms with Crippen molar-refractivity contribution in [2.75, 3.05) is 6.61 Å². The summed E-state index contributed by atoms with van der Waals surface area (Å²) in [4.78, 5) is 0. The zero-order valence-corrected chi connectivity index (χ0v) is 16.3. The van der Waals surface area contributed by atoms with Crippen LogP contribution in [0.4, 0.5) is 0 Å². The molecule has 0 aliphatic carbocycles. The van der Waals surface area contributed by atoms with E-state index in [-0.39, 0.29) is 0 Å². The van der Waals surface area contributed by atoms with E-state index < -0.39 is 49.1 Å². The maximum absolute atomic E-state index is 13.9. The van der Waals surface area contributed by atoms with Crippen LogP contribution < -0.4 is 11.0 Å². The fraction of sp³-hybridized carbons (Fsp3) is 0.667. The number of hydrogen-bond donors (Lipinski definition) is 1. The van der Waals surface area contributed by atoms with Crippen LogP contribution in [0.2, 0.25) is 0 Å². The van der Waals surface area contributed by atoms with Crippen molar-refractivity contribution in [2.24, 2.45) is 5.73 Å². The van der Waals surface area contributed by atoms with Crippen LogP contribution in [0.5, 0.6) is 0 Å². The summed E-state index contributed by atoms with van der Waals surface area (Å²) in [7, 11) is -3.40. The maximum Gasteiger partial charge on any atom is 0.251 e. The second-order valence-corrected chi connectivity index (χ2v) is 10.4. The predicted octanol–water partition coefficient (Wildman–Crippen LogP) is 1.95. The summed E-state index contributed by atoms with van der Waals surface area (Å²) in [5.41, 5.74) is 6.40. The van der Waals surface area contributed by atoms with E-state index in [9.17, 15) is 4.57 Å². The molecule has 4 rings (SSSR count).